The van der Waals surface area contributed by atoms with Crippen LogP contribution in [0.15, 0.2) is 24.3 Å². The Balaban J connectivity index is 1.86. The van der Waals surface area contributed by atoms with Gasteiger partial charge in [-0.1, -0.05) is 11.6 Å². The van der Waals surface area contributed by atoms with Crippen LogP contribution in [0.1, 0.15) is 6.92 Å². The summed E-state index contributed by atoms with van der Waals surface area (Å²) in [5.74, 6) is -1.07. The summed E-state index contributed by atoms with van der Waals surface area (Å²) in [7, 11) is 0. The summed E-state index contributed by atoms with van der Waals surface area (Å²) in [6, 6.07) is 6.90. The van der Waals surface area contributed by atoms with Crippen molar-refractivity contribution in [2.24, 2.45) is 0 Å². The molecule has 100 valence electrons. The van der Waals surface area contributed by atoms with Gasteiger partial charge >= 0.3 is 0 Å². The Morgan fingerprint density at radius 2 is 2.11 bits per heavy atom. The van der Waals surface area contributed by atoms with Gasteiger partial charge < -0.3 is 24.4 Å². The monoisotopic (exact) mass is 274 g/mol. The van der Waals surface area contributed by atoms with E-state index in [1.165, 1.54) is 6.92 Å². The van der Waals surface area contributed by atoms with E-state index in [2.05, 4.69) is 0 Å². The minimum absolute atomic E-state index is 0.158. The second kappa shape index (κ2) is 5.42. The number of rotatable bonds is 3. The zero-order chi connectivity index (χ0) is 13.2. The molecular weight excluding hydrogens is 260 g/mol. The molecule has 6 heteroatoms. The van der Waals surface area contributed by atoms with Crippen LogP contribution in [-0.2, 0) is 9.47 Å². The standard InChI is InChI=1S/C12H15ClO5/c1-12(15)11(14)17-7-10(18-12)6-16-9-4-2-8(13)3-5-9/h2-5,10-11,14-15H,6-7H2,1H3/t10-,11+,12+/m0/s1. The number of benzene rings is 1. The Hall–Kier alpha value is -0.850. The van der Waals surface area contributed by atoms with Crippen LogP contribution in [0.25, 0.3) is 0 Å². The van der Waals surface area contributed by atoms with E-state index in [-0.39, 0.29) is 13.2 Å². The molecule has 0 spiro atoms. The molecule has 1 aliphatic rings. The highest BCUT2D eigenvalue weighted by molar-refractivity contribution is 6.30. The fourth-order valence-corrected chi connectivity index (χ4v) is 1.71. The normalized spacial score (nSPS) is 32.2. The fourth-order valence-electron chi connectivity index (χ4n) is 1.58. The third-order valence-electron chi connectivity index (χ3n) is 2.55. The Morgan fingerprint density at radius 3 is 2.72 bits per heavy atom. The summed E-state index contributed by atoms with van der Waals surface area (Å²) in [6.07, 6.45) is -1.79. The third kappa shape index (κ3) is 3.34. The number of halogens is 1. The predicted octanol–water partition coefficient (Wildman–Crippen LogP) is 1.16. The van der Waals surface area contributed by atoms with E-state index in [9.17, 15) is 10.2 Å². The topological polar surface area (TPSA) is 68.2 Å². The number of aliphatic hydroxyl groups excluding tert-OH is 1. The van der Waals surface area contributed by atoms with E-state index in [0.29, 0.717) is 10.8 Å². The third-order valence-corrected chi connectivity index (χ3v) is 2.80. The van der Waals surface area contributed by atoms with E-state index < -0.39 is 18.2 Å². The molecule has 2 rings (SSSR count). The maximum atomic E-state index is 9.68. The van der Waals surface area contributed by atoms with E-state index in [0.717, 1.165) is 0 Å². The van der Waals surface area contributed by atoms with Gasteiger partial charge in [0.2, 0.25) is 12.1 Å². The van der Waals surface area contributed by atoms with Crippen molar-refractivity contribution in [2.75, 3.05) is 13.2 Å². The molecule has 0 saturated carbocycles. The molecule has 1 fully saturated rings. The van der Waals surface area contributed by atoms with Gasteiger partial charge in [-0.05, 0) is 31.2 Å². The summed E-state index contributed by atoms with van der Waals surface area (Å²) in [5.41, 5.74) is 0. The van der Waals surface area contributed by atoms with Gasteiger partial charge in [0.15, 0.2) is 0 Å². The van der Waals surface area contributed by atoms with Gasteiger partial charge in [-0.15, -0.1) is 0 Å². The molecule has 0 aromatic heterocycles. The van der Waals surface area contributed by atoms with Crippen LogP contribution in [0, 0.1) is 0 Å². The van der Waals surface area contributed by atoms with Gasteiger partial charge in [-0.3, -0.25) is 0 Å². The van der Waals surface area contributed by atoms with E-state index in [1.54, 1.807) is 24.3 Å². The predicted molar refractivity (Wildman–Crippen MR) is 64.4 cm³/mol. The first-order chi connectivity index (χ1) is 8.47. The van der Waals surface area contributed by atoms with Crippen molar-refractivity contribution in [1.82, 2.24) is 0 Å². The Labute approximate surface area is 110 Å². The first-order valence-corrected chi connectivity index (χ1v) is 5.93. The molecule has 0 unspecified atom stereocenters. The highest BCUT2D eigenvalue weighted by Gasteiger charge is 2.40. The molecule has 5 nitrogen and oxygen atoms in total. The Kier molecular flexibility index (Phi) is 4.09. The lowest BCUT2D eigenvalue weighted by molar-refractivity contribution is -0.372. The van der Waals surface area contributed by atoms with E-state index in [1.807, 2.05) is 0 Å². The number of ether oxygens (including phenoxy) is 3. The van der Waals surface area contributed by atoms with Crippen molar-refractivity contribution in [3.8, 4) is 5.75 Å². The molecule has 0 radical (unpaired) electrons. The van der Waals surface area contributed by atoms with Crippen LogP contribution in [0.4, 0.5) is 0 Å². The highest BCUT2D eigenvalue weighted by Crippen LogP contribution is 2.22. The zero-order valence-corrected chi connectivity index (χ0v) is 10.6. The maximum absolute atomic E-state index is 9.68. The minimum Gasteiger partial charge on any atom is -0.491 e. The number of hydrogen-bond donors (Lipinski definition) is 2. The molecule has 1 heterocycles. The van der Waals surface area contributed by atoms with Crippen molar-refractivity contribution in [3.63, 3.8) is 0 Å². The van der Waals surface area contributed by atoms with Gasteiger partial charge in [-0.25, -0.2) is 0 Å². The van der Waals surface area contributed by atoms with E-state index in [4.69, 9.17) is 25.8 Å². The molecular formula is C12H15ClO5. The zero-order valence-electron chi connectivity index (χ0n) is 9.88. The lowest BCUT2D eigenvalue weighted by Crippen LogP contribution is -2.53. The molecule has 1 aliphatic heterocycles. The maximum Gasteiger partial charge on any atom is 0.215 e. The van der Waals surface area contributed by atoms with Crippen LogP contribution in [-0.4, -0.2) is 41.6 Å². The van der Waals surface area contributed by atoms with Crippen molar-refractivity contribution >= 4 is 11.6 Å². The summed E-state index contributed by atoms with van der Waals surface area (Å²) in [6.45, 7) is 1.71. The first-order valence-electron chi connectivity index (χ1n) is 5.55. The molecule has 0 bridgehead atoms. The average molecular weight is 275 g/mol. The van der Waals surface area contributed by atoms with Crippen LogP contribution >= 0.6 is 11.6 Å². The van der Waals surface area contributed by atoms with Crippen LogP contribution in [0.2, 0.25) is 5.02 Å². The largest absolute Gasteiger partial charge is 0.491 e. The average Bonchev–Trinajstić information content (AvgIpc) is 2.32. The molecule has 3 atom stereocenters. The molecule has 18 heavy (non-hydrogen) atoms. The van der Waals surface area contributed by atoms with Gasteiger partial charge in [0.1, 0.15) is 18.5 Å². The quantitative estimate of drug-likeness (QED) is 0.866. The fraction of sp³-hybridized carbons (Fsp3) is 0.500. The SMILES string of the molecule is C[C@@]1(O)O[C@@H](COc2ccc(Cl)cc2)CO[C@H]1O. The second-order valence-electron chi connectivity index (χ2n) is 4.25. The molecule has 1 aromatic rings. The number of hydrogen-bond acceptors (Lipinski definition) is 5. The summed E-state index contributed by atoms with van der Waals surface area (Å²) < 4.78 is 15.7. The molecule has 1 aromatic carbocycles. The Morgan fingerprint density at radius 1 is 1.44 bits per heavy atom. The van der Waals surface area contributed by atoms with Crippen molar-refractivity contribution in [3.05, 3.63) is 29.3 Å². The summed E-state index contributed by atoms with van der Waals surface area (Å²) in [4.78, 5) is 0. The van der Waals surface area contributed by atoms with Gasteiger partial charge in [0.05, 0.1) is 6.61 Å². The summed E-state index contributed by atoms with van der Waals surface area (Å²) >= 11 is 5.75. The lowest BCUT2D eigenvalue weighted by atomic mass is 10.2. The lowest BCUT2D eigenvalue weighted by Gasteiger charge is -2.37. The van der Waals surface area contributed by atoms with Crippen molar-refractivity contribution < 1.29 is 24.4 Å². The van der Waals surface area contributed by atoms with E-state index >= 15 is 0 Å². The number of aliphatic hydroxyl groups is 2. The smallest absolute Gasteiger partial charge is 0.215 e. The van der Waals surface area contributed by atoms with Crippen molar-refractivity contribution in [2.45, 2.75) is 25.1 Å². The highest BCUT2D eigenvalue weighted by atomic mass is 35.5. The summed E-state index contributed by atoms with van der Waals surface area (Å²) in [5, 5.41) is 19.6. The Bertz CT molecular complexity index is 392. The first kappa shape index (κ1) is 13.6. The van der Waals surface area contributed by atoms with Crippen LogP contribution in [0.5, 0.6) is 5.75 Å². The second-order valence-corrected chi connectivity index (χ2v) is 4.68. The minimum atomic E-state index is -1.72. The van der Waals surface area contributed by atoms with Gasteiger partial charge in [0, 0.05) is 5.02 Å². The molecule has 1 saturated heterocycles. The molecule has 0 aliphatic carbocycles. The molecule has 0 amide bonds. The van der Waals surface area contributed by atoms with Crippen molar-refractivity contribution in [1.29, 1.82) is 0 Å². The van der Waals surface area contributed by atoms with Crippen LogP contribution < -0.4 is 4.74 Å². The molecule has 2 N–H and O–H groups in total. The van der Waals surface area contributed by atoms with Gasteiger partial charge in [0.25, 0.3) is 0 Å². The van der Waals surface area contributed by atoms with Crippen LogP contribution in [0.3, 0.4) is 0 Å². The van der Waals surface area contributed by atoms with Gasteiger partial charge in [-0.2, -0.15) is 0 Å².